The molecule has 6 heteroatoms. The Morgan fingerprint density at radius 2 is 1.63 bits per heavy atom. The van der Waals surface area contributed by atoms with Gasteiger partial charge in [0.15, 0.2) is 6.23 Å². The minimum Gasteiger partial charge on any atom is -0.388 e. The molecule has 1 saturated heterocycles. The van der Waals surface area contributed by atoms with Crippen LogP contribution in [0.3, 0.4) is 0 Å². The van der Waals surface area contributed by atoms with Gasteiger partial charge in [-0.2, -0.15) is 0 Å². The molecule has 6 nitrogen and oxygen atoms in total. The minimum absolute atomic E-state index is 0.465. The maximum Gasteiger partial charge on any atom is 0.164 e. The number of rotatable bonds is 4. The Morgan fingerprint density at radius 3 is 2.30 bits per heavy atom. The molecule has 1 aliphatic heterocycles. The predicted octanol–water partition coefficient (Wildman–Crippen LogP) is 3.33. The van der Waals surface area contributed by atoms with E-state index in [-0.39, 0.29) is 0 Å². The molecule has 1 fully saturated rings. The fraction of sp³-hybridized carbons (Fsp3) is 0.250. The minimum atomic E-state index is -1.04. The molecule has 2 aromatic carbocycles. The smallest absolute Gasteiger partial charge is 0.164 e. The highest BCUT2D eigenvalue weighted by molar-refractivity contribution is 5.96. The summed E-state index contributed by atoms with van der Waals surface area (Å²) in [6.07, 6.45) is 0.999. The first-order chi connectivity index (χ1) is 14.6. The van der Waals surface area contributed by atoms with E-state index in [2.05, 4.69) is 22.1 Å². The Balaban J connectivity index is 1.70. The zero-order valence-corrected chi connectivity index (χ0v) is 16.6. The van der Waals surface area contributed by atoms with Crippen LogP contribution in [0.4, 0.5) is 0 Å². The summed E-state index contributed by atoms with van der Waals surface area (Å²) >= 11 is 0. The van der Waals surface area contributed by atoms with E-state index >= 15 is 0 Å². The molecule has 0 saturated carbocycles. The monoisotopic (exact) mass is 401 g/mol. The Kier molecular flexibility index (Phi) is 4.83. The quantitative estimate of drug-likeness (QED) is 0.548. The second kappa shape index (κ2) is 7.65. The van der Waals surface area contributed by atoms with Crippen LogP contribution in [0.2, 0.25) is 0 Å². The summed E-state index contributed by atoms with van der Waals surface area (Å²) in [6, 6.07) is 20.2. The van der Waals surface area contributed by atoms with Crippen LogP contribution in [0.5, 0.6) is 0 Å². The van der Waals surface area contributed by atoms with E-state index < -0.39 is 24.5 Å². The first-order valence-corrected chi connectivity index (χ1v) is 10.1. The molecular formula is C24H23N3O3. The molecule has 0 radical (unpaired) electrons. The van der Waals surface area contributed by atoms with Gasteiger partial charge in [0.2, 0.25) is 0 Å². The molecule has 4 atom stereocenters. The van der Waals surface area contributed by atoms with Crippen LogP contribution < -0.4 is 0 Å². The lowest BCUT2D eigenvalue weighted by Crippen LogP contribution is -2.30. The van der Waals surface area contributed by atoms with Crippen LogP contribution in [0.15, 0.2) is 73.2 Å². The van der Waals surface area contributed by atoms with Crippen molar-refractivity contribution >= 4 is 11.0 Å². The predicted molar refractivity (Wildman–Crippen MR) is 114 cm³/mol. The number of hydrogen-bond acceptors (Lipinski definition) is 5. The molecule has 0 unspecified atom stereocenters. The maximum absolute atomic E-state index is 10.6. The second-order valence-electron chi connectivity index (χ2n) is 7.71. The Morgan fingerprint density at radius 1 is 0.933 bits per heavy atom. The first kappa shape index (κ1) is 18.9. The zero-order chi connectivity index (χ0) is 20.7. The van der Waals surface area contributed by atoms with Gasteiger partial charge in [0, 0.05) is 23.6 Å². The van der Waals surface area contributed by atoms with Crippen molar-refractivity contribution in [3.05, 3.63) is 84.4 Å². The Bertz CT molecular complexity index is 1160. The summed E-state index contributed by atoms with van der Waals surface area (Å²) in [5.74, 6) is 0. The van der Waals surface area contributed by atoms with E-state index in [1.807, 2.05) is 59.3 Å². The molecule has 2 aromatic heterocycles. The van der Waals surface area contributed by atoms with Crippen molar-refractivity contribution in [1.82, 2.24) is 14.5 Å². The topological polar surface area (TPSA) is 80.4 Å². The van der Waals surface area contributed by atoms with Gasteiger partial charge in [-0.1, -0.05) is 60.7 Å². The summed E-state index contributed by atoms with van der Waals surface area (Å²) in [5, 5.41) is 21.7. The molecule has 5 rings (SSSR count). The fourth-order valence-corrected chi connectivity index (χ4v) is 4.16. The van der Waals surface area contributed by atoms with Crippen LogP contribution >= 0.6 is 0 Å². The van der Waals surface area contributed by atoms with E-state index in [1.165, 1.54) is 0 Å². The molecule has 30 heavy (non-hydrogen) atoms. The van der Waals surface area contributed by atoms with Crippen molar-refractivity contribution < 1.29 is 14.9 Å². The lowest BCUT2D eigenvalue weighted by atomic mass is 10.0. The Hall–Kier alpha value is -3.06. The van der Waals surface area contributed by atoms with E-state index in [9.17, 15) is 10.2 Å². The van der Waals surface area contributed by atoms with Crippen molar-refractivity contribution in [2.45, 2.75) is 37.9 Å². The number of aromatic nitrogens is 3. The standard InChI is InChI=1S/C24H23N3O3/c1-15-21(28)22(29)24(30-15)27-13-18(17-10-6-3-7-11-17)20-19(25-14-26-23(20)27)12-16-8-4-2-5-9-16/h2-11,13-15,21-22,24,28-29H,12H2,1H3/t15-,21-,22-,24-/m1/s1. The van der Waals surface area contributed by atoms with Gasteiger partial charge in [0.1, 0.15) is 24.2 Å². The summed E-state index contributed by atoms with van der Waals surface area (Å²) in [4.78, 5) is 9.14. The summed E-state index contributed by atoms with van der Waals surface area (Å²) in [7, 11) is 0. The molecule has 0 amide bonds. The maximum atomic E-state index is 10.6. The third-order valence-corrected chi connectivity index (χ3v) is 5.74. The van der Waals surface area contributed by atoms with Crippen molar-refractivity contribution in [3.8, 4) is 11.1 Å². The van der Waals surface area contributed by atoms with Crippen LogP contribution in [0.1, 0.15) is 24.4 Å². The largest absolute Gasteiger partial charge is 0.388 e. The molecule has 4 aromatic rings. The summed E-state index contributed by atoms with van der Waals surface area (Å²) < 4.78 is 7.71. The zero-order valence-electron chi connectivity index (χ0n) is 16.6. The van der Waals surface area contributed by atoms with Gasteiger partial charge < -0.3 is 19.5 Å². The van der Waals surface area contributed by atoms with Crippen molar-refractivity contribution in [2.24, 2.45) is 0 Å². The van der Waals surface area contributed by atoms with Gasteiger partial charge in [-0.05, 0) is 18.1 Å². The fourth-order valence-electron chi connectivity index (χ4n) is 4.16. The number of nitrogens with zero attached hydrogens (tertiary/aromatic N) is 3. The van der Waals surface area contributed by atoms with Crippen molar-refractivity contribution in [1.29, 1.82) is 0 Å². The molecule has 3 heterocycles. The van der Waals surface area contributed by atoms with E-state index in [0.717, 1.165) is 27.8 Å². The van der Waals surface area contributed by atoms with Gasteiger partial charge >= 0.3 is 0 Å². The summed E-state index contributed by atoms with van der Waals surface area (Å²) in [6.45, 7) is 1.76. The molecule has 0 bridgehead atoms. The number of ether oxygens (including phenoxy) is 1. The van der Waals surface area contributed by atoms with Crippen LogP contribution in [-0.4, -0.2) is 43.1 Å². The number of benzene rings is 2. The number of fused-ring (bicyclic) bond motifs is 1. The van der Waals surface area contributed by atoms with E-state index in [0.29, 0.717) is 12.1 Å². The lowest BCUT2D eigenvalue weighted by Gasteiger charge is -2.17. The SMILES string of the molecule is C[C@H]1O[C@@H](n2cc(-c3ccccc3)c3c(Cc4ccccc4)ncnc32)[C@H](O)[C@@H]1O. The third kappa shape index (κ3) is 3.19. The van der Waals surface area contributed by atoms with E-state index in [4.69, 9.17) is 4.74 Å². The molecule has 0 spiro atoms. The van der Waals surface area contributed by atoms with Gasteiger partial charge in [0.05, 0.1) is 11.8 Å². The lowest BCUT2D eigenvalue weighted by molar-refractivity contribution is -0.0296. The summed E-state index contributed by atoms with van der Waals surface area (Å²) in [5.41, 5.74) is 4.75. The second-order valence-corrected chi connectivity index (χ2v) is 7.71. The Labute approximate surface area is 174 Å². The van der Waals surface area contributed by atoms with Gasteiger partial charge in [-0.15, -0.1) is 0 Å². The first-order valence-electron chi connectivity index (χ1n) is 10.1. The van der Waals surface area contributed by atoms with Crippen LogP contribution in [0, 0.1) is 0 Å². The van der Waals surface area contributed by atoms with Crippen molar-refractivity contribution in [2.75, 3.05) is 0 Å². The number of aliphatic hydroxyl groups excluding tert-OH is 2. The normalized spacial score (nSPS) is 23.8. The highest BCUT2D eigenvalue weighted by Gasteiger charge is 2.42. The van der Waals surface area contributed by atoms with E-state index in [1.54, 1.807) is 13.3 Å². The highest BCUT2D eigenvalue weighted by Crippen LogP contribution is 2.38. The van der Waals surface area contributed by atoms with Crippen molar-refractivity contribution in [3.63, 3.8) is 0 Å². The third-order valence-electron chi connectivity index (χ3n) is 5.74. The molecule has 0 aliphatic carbocycles. The number of hydrogen-bond donors (Lipinski definition) is 2. The molecule has 1 aliphatic rings. The molecule has 152 valence electrons. The van der Waals surface area contributed by atoms with Gasteiger partial charge in [-0.25, -0.2) is 9.97 Å². The van der Waals surface area contributed by atoms with Gasteiger partial charge in [0.25, 0.3) is 0 Å². The average molecular weight is 401 g/mol. The van der Waals surface area contributed by atoms with Crippen LogP contribution in [0.25, 0.3) is 22.2 Å². The average Bonchev–Trinajstić information content (AvgIpc) is 3.29. The van der Waals surface area contributed by atoms with Crippen LogP contribution in [-0.2, 0) is 11.2 Å². The molecular weight excluding hydrogens is 378 g/mol. The number of aliphatic hydroxyl groups is 2. The molecule has 2 N–H and O–H groups in total. The van der Waals surface area contributed by atoms with Gasteiger partial charge in [-0.3, -0.25) is 0 Å². The highest BCUT2D eigenvalue weighted by atomic mass is 16.6.